The van der Waals surface area contributed by atoms with E-state index in [4.69, 9.17) is 10.5 Å². The maximum Gasteiger partial charge on any atom is 0.194 e. The van der Waals surface area contributed by atoms with E-state index in [1.165, 1.54) is 0 Å². The monoisotopic (exact) mass is 300 g/mol. The van der Waals surface area contributed by atoms with Gasteiger partial charge in [0.25, 0.3) is 0 Å². The molecular weight excluding hydrogens is 280 g/mol. The lowest BCUT2D eigenvalue weighted by Crippen LogP contribution is -2.35. The van der Waals surface area contributed by atoms with Gasteiger partial charge in [-0.15, -0.1) is 5.10 Å². The van der Waals surface area contributed by atoms with Crippen molar-refractivity contribution in [2.75, 3.05) is 30.3 Å². The van der Waals surface area contributed by atoms with Crippen LogP contribution in [0.2, 0.25) is 0 Å². The molecule has 1 saturated heterocycles. The van der Waals surface area contributed by atoms with Crippen LogP contribution in [0.15, 0.2) is 36.5 Å². The minimum absolute atomic E-state index is 0.253. The summed E-state index contributed by atoms with van der Waals surface area (Å²) in [6.45, 7) is 1.95. The highest BCUT2D eigenvalue weighted by atomic mass is 16.5. The molecule has 116 valence electrons. The number of ether oxygens (including phenoxy) is 1. The van der Waals surface area contributed by atoms with Crippen molar-refractivity contribution in [3.63, 3.8) is 0 Å². The van der Waals surface area contributed by atoms with Gasteiger partial charge in [-0.1, -0.05) is 0 Å². The molecular formula is C16H20N4O2. The van der Waals surface area contributed by atoms with Gasteiger partial charge in [0.05, 0.1) is 6.20 Å². The predicted octanol–water partition coefficient (Wildman–Crippen LogP) is 2.06. The number of hydrogen-bond acceptors (Lipinski definition) is 6. The Hall–Kier alpha value is -2.34. The SMILES string of the molecule is Nc1ccc(Oc2ccnnc2N2CCC(CO)CC2)cc1. The second-order valence-corrected chi connectivity index (χ2v) is 5.50. The zero-order valence-electron chi connectivity index (χ0n) is 12.4. The third kappa shape index (κ3) is 3.28. The van der Waals surface area contributed by atoms with Crippen LogP contribution in [-0.2, 0) is 0 Å². The highest BCUT2D eigenvalue weighted by molar-refractivity contribution is 5.53. The maximum atomic E-state index is 9.24. The Bertz CT molecular complexity index is 610. The van der Waals surface area contributed by atoms with E-state index in [9.17, 15) is 5.11 Å². The molecule has 1 aliphatic rings. The number of nitrogen functional groups attached to an aromatic ring is 1. The first kappa shape index (κ1) is 14.6. The summed E-state index contributed by atoms with van der Waals surface area (Å²) in [7, 11) is 0. The van der Waals surface area contributed by atoms with Gasteiger partial charge in [0.2, 0.25) is 0 Å². The average Bonchev–Trinajstić information content (AvgIpc) is 2.58. The van der Waals surface area contributed by atoms with Crippen molar-refractivity contribution in [2.24, 2.45) is 5.92 Å². The number of anilines is 2. The van der Waals surface area contributed by atoms with Gasteiger partial charge in [0, 0.05) is 31.5 Å². The number of aromatic nitrogens is 2. The summed E-state index contributed by atoms with van der Waals surface area (Å²) in [5, 5.41) is 17.4. The lowest BCUT2D eigenvalue weighted by Gasteiger charge is -2.32. The van der Waals surface area contributed by atoms with Gasteiger partial charge < -0.3 is 20.5 Å². The van der Waals surface area contributed by atoms with E-state index in [1.54, 1.807) is 18.3 Å². The van der Waals surface area contributed by atoms with E-state index in [2.05, 4.69) is 15.1 Å². The van der Waals surface area contributed by atoms with Crippen LogP contribution in [0.25, 0.3) is 0 Å². The minimum Gasteiger partial charge on any atom is -0.453 e. The van der Waals surface area contributed by atoms with Crippen molar-refractivity contribution in [1.29, 1.82) is 0 Å². The van der Waals surface area contributed by atoms with Crippen molar-refractivity contribution in [2.45, 2.75) is 12.8 Å². The summed E-state index contributed by atoms with van der Waals surface area (Å²) in [6, 6.07) is 9.08. The number of nitrogens with zero attached hydrogens (tertiary/aromatic N) is 3. The van der Waals surface area contributed by atoms with Crippen molar-refractivity contribution >= 4 is 11.5 Å². The lowest BCUT2D eigenvalue weighted by molar-refractivity contribution is 0.202. The standard InChI is InChI=1S/C16H20N4O2/c17-13-1-3-14(4-2-13)22-15-5-8-18-19-16(15)20-9-6-12(11-21)7-10-20/h1-5,8,12,21H,6-7,9-11,17H2. The van der Waals surface area contributed by atoms with E-state index >= 15 is 0 Å². The molecule has 3 rings (SSSR count). The van der Waals surface area contributed by atoms with E-state index < -0.39 is 0 Å². The molecule has 0 atom stereocenters. The summed E-state index contributed by atoms with van der Waals surface area (Å²) in [5.41, 5.74) is 6.39. The first-order valence-corrected chi connectivity index (χ1v) is 7.47. The van der Waals surface area contributed by atoms with Crippen molar-refractivity contribution < 1.29 is 9.84 Å². The second-order valence-electron chi connectivity index (χ2n) is 5.50. The Kier molecular flexibility index (Phi) is 4.39. The smallest absolute Gasteiger partial charge is 0.194 e. The van der Waals surface area contributed by atoms with Crippen molar-refractivity contribution in [3.8, 4) is 11.5 Å². The fourth-order valence-corrected chi connectivity index (χ4v) is 2.60. The van der Waals surface area contributed by atoms with Crippen LogP contribution in [0.5, 0.6) is 11.5 Å². The molecule has 0 bridgehead atoms. The highest BCUT2D eigenvalue weighted by Crippen LogP contribution is 2.32. The molecule has 1 aliphatic heterocycles. The largest absolute Gasteiger partial charge is 0.453 e. The first-order chi connectivity index (χ1) is 10.8. The van der Waals surface area contributed by atoms with Crippen LogP contribution in [0.3, 0.4) is 0 Å². The van der Waals surface area contributed by atoms with Gasteiger partial charge in [0.1, 0.15) is 5.75 Å². The molecule has 22 heavy (non-hydrogen) atoms. The molecule has 0 radical (unpaired) electrons. The summed E-state index contributed by atoms with van der Waals surface area (Å²) in [5.74, 6) is 2.53. The Balaban J connectivity index is 1.77. The molecule has 1 fully saturated rings. The summed E-state index contributed by atoms with van der Waals surface area (Å²) >= 11 is 0. The number of benzene rings is 1. The number of nitrogens with two attached hydrogens (primary N) is 1. The lowest BCUT2D eigenvalue weighted by atomic mass is 9.98. The molecule has 0 unspecified atom stereocenters. The second kappa shape index (κ2) is 6.62. The fraction of sp³-hybridized carbons (Fsp3) is 0.375. The molecule has 0 aliphatic carbocycles. The summed E-state index contributed by atoms with van der Waals surface area (Å²) in [4.78, 5) is 2.16. The first-order valence-electron chi connectivity index (χ1n) is 7.47. The van der Waals surface area contributed by atoms with Gasteiger partial charge in [0.15, 0.2) is 11.6 Å². The average molecular weight is 300 g/mol. The van der Waals surface area contributed by atoms with Crippen molar-refractivity contribution in [3.05, 3.63) is 36.5 Å². The van der Waals surface area contributed by atoms with Crippen molar-refractivity contribution in [1.82, 2.24) is 10.2 Å². The molecule has 2 aromatic rings. The Labute approximate surface area is 129 Å². The topological polar surface area (TPSA) is 84.5 Å². The highest BCUT2D eigenvalue weighted by Gasteiger charge is 2.22. The van der Waals surface area contributed by atoms with Crippen LogP contribution in [0.4, 0.5) is 11.5 Å². The molecule has 0 amide bonds. The van der Waals surface area contributed by atoms with Gasteiger partial charge in [-0.2, -0.15) is 5.10 Å². The number of piperidine rings is 1. The Morgan fingerprint density at radius 3 is 2.59 bits per heavy atom. The summed E-state index contributed by atoms with van der Waals surface area (Å²) < 4.78 is 5.92. The van der Waals surface area contributed by atoms with Crippen LogP contribution in [0.1, 0.15) is 12.8 Å². The third-order valence-electron chi connectivity index (χ3n) is 3.95. The van der Waals surface area contributed by atoms with Gasteiger partial charge in [-0.05, 0) is 43.0 Å². The molecule has 2 heterocycles. The molecule has 1 aromatic carbocycles. The molecule has 0 saturated carbocycles. The fourth-order valence-electron chi connectivity index (χ4n) is 2.60. The molecule has 0 spiro atoms. The number of aliphatic hydroxyl groups excluding tert-OH is 1. The molecule has 6 heteroatoms. The predicted molar refractivity (Wildman–Crippen MR) is 85.0 cm³/mol. The maximum absolute atomic E-state index is 9.24. The molecule has 1 aromatic heterocycles. The number of aliphatic hydroxyl groups is 1. The number of rotatable bonds is 4. The Morgan fingerprint density at radius 1 is 1.18 bits per heavy atom. The van der Waals surface area contributed by atoms with E-state index in [1.807, 2.05) is 18.2 Å². The molecule has 6 nitrogen and oxygen atoms in total. The normalized spacial score (nSPS) is 15.8. The van der Waals surface area contributed by atoms with E-state index in [-0.39, 0.29) is 6.61 Å². The quantitative estimate of drug-likeness (QED) is 0.841. The van der Waals surface area contributed by atoms with E-state index in [0.717, 1.165) is 31.7 Å². The molecule has 3 N–H and O–H groups in total. The zero-order valence-corrected chi connectivity index (χ0v) is 12.4. The van der Waals surface area contributed by atoms with Gasteiger partial charge >= 0.3 is 0 Å². The van der Waals surface area contributed by atoms with E-state index in [0.29, 0.717) is 23.1 Å². The zero-order chi connectivity index (χ0) is 15.4. The Morgan fingerprint density at radius 2 is 1.91 bits per heavy atom. The van der Waals surface area contributed by atoms with Crippen LogP contribution in [0, 0.1) is 5.92 Å². The van der Waals surface area contributed by atoms with Gasteiger partial charge in [-0.25, -0.2) is 0 Å². The summed E-state index contributed by atoms with van der Waals surface area (Å²) in [6.07, 6.45) is 3.53. The van der Waals surface area contributed by atoms with Crippen LogP contribution < -0.4 is 15.4 Å². The van der Waals surface area contributed by atoms with Gasteiger partial charge in [-0.3, -0.25) is 0 Å². The third-order valence-corrected chi connectivity index (χ3v) is 3.95. The van der Waals surface area contributed by atoms with Crippen LogP contribution >= 0.6 is 0 Å². The number of hydrogen-bond donors (Lipinski definition) is 2. The van der Waals surface area contributed by atoms with Crippen LogP contribution in [-0.4, -0.2) is 35.0 Å². The minimum atomic E-state index is 0.253.